The second kappa shape index (κ2) is 11.2. The minimum absolute atomic E-state index is 0.0763. The van der Waals surface area contributed by atoms with Crippen LogP contribution in [0.1, 0.15) is 25.8 Å². The molecule has 186 valence electrons. The maximum Gasteiger partial charge on any atom is 0.246 e. The molecule has 1 aromatic heterocycles. The number of hydrogen-bond donors (Lipinski definition) is 1. The highest BCUT2D eigenvalue weighted by atomic mass is 16.5. The molecule has 2 aliphatic rings. The average molecular weight is 494 g/mol. The number of amides is 1. The number of hydrogen-bond acceptors (Lipinski definition) is 8. The van der Waals surface area contributed by atoms with Crippen LogP contribution < -0.4 is 15.0 Å². The van der Waals surface area contributed by atoms with E-state index in [2.05, 4.69) is 38.9 Å². The van der Waals surface area contributed by atoms with Gasteiger partial charge in [-0.2, -0.15) is 15.5 Å². The SMILES string of the molecule is C=CC(=O)N1CCN(c2ccc(Nc3nccc(OC4=C(C)C/C(=C/C#N)C=C4C)n3)cc2C#N)CC1. The van der Waals surface area contributed by atoms with Gasteiger partial charge in [-0.15, -0.1) is 0 Å². The first-order valence-corrected chi connectivity index (χ1v) is 11.9. The van der Waals surface area contributed by atoms with Gasteiger partial charge in [-0.3, -0.25) is 4.79 Å². The molecule has 1 amide bonds. The maximum absolute atomic E-state index is 11.8. The summed E-state index contributed by atoms with van der Waals surface area (Å²) in [5.41, 5.74) is 4.89. The molecular formula is C28H27N7O2. The van der Waals surface area contributed by atoms with E-state index in [1.807, 2.05) is 32.1 Å². The molecule has 0 bridgehead atoms. The number of benzene rings is 1. The number of aromatic nitrogens is 2. The number of nitrogens with one attached hydrogen (secondary N) is 1. The van der Waals surface area contributed by atoms with Gasteiger partial charge >= 0.3 is 0 Å². The van der Waals surface area contributed by atoms with Crippen molar-refractivity contribution in [2.75, 3.05) is 36.4 Å². The van der Waals surface area contributed by atoms with E-state index in [-0.39, 0.29) is 5.91 Å². The summed E-state index contributed by atoms with van der Waals surface area (Å²) >= 11 is 0. The summed E-state index contributed by atoms with van der Waals surface area (Å²) in [7, 11) is 0. The lowest BCUT2D eigenvalue weighted by Crippen LogP contribution is -2.48. The molecule has 9 nitrogen and oxygen atoms in total. The van der Waals surface area contributed by atoms with Gasteiger partial charge < -0.3 is 19.9 Å². The van der Waals surface area contributed by atoms with Gasteiger partial charge in [0.05, 0.1) is 17.3 Å². The molecule has 0 radical (unpaired) electrons. The molecule has 37 heavy (non-hydrogen) atoms. The highest BCUT2D eigenvalue weighted by molar-refractivity contribution is 5.87. The molecule has 9 heteroatoms. The minimum Gasteiger partial charge on any atom is -0.439 e. The molecule has 4 rings (SSSR count). The van der Waals surface area contributed by atoms with Crippen molar-refractivity contribution in [1.82, 2.24) is 14.9 Å². The van der Waals surface area contributed by atoms with E-state index in [0.29, 0.717) is 55.7 Å². The van der Waals surface area contributed by atoms with E-state index in [0.717, 1.165) is 28.2 Å². The Balaban J connectivity index is 1.46. The molecule has 1 aliphatic heterocycles. The number of piperazine rings is 1. The fraction of sp³-hybridized carbons (Fsp3) is 0.250. The van der Waals surface area contributed by atoms with E-state index in [4.69, 9.17) is 10.00 Å². The fourth-order valence-corrected chi connectivity index (χ4v) is 4.43. The van der Waals surface area contributed by atoms with Gasteiger partial charge in [0.15, 0.2) is 0 Å². The summed E-state index contributed by atoms with van der Waals surface area (Å²) in [6, 6.07) is 11.6. The van der Waals surface area contributed by atoms with Gasteiger partial charge in [0, 0.05) is 50.2 Å². The Morgan fingerprint density at radius 2 is 1.97 bits per heavy atom. The van der Waals surface area contributed by atoms with Crippen LogP contribution in [0.4, 0.5) is 17.3 Å². The van der Waals surface area contributed by atoms with Crippen molar-refractivity contribution in [3.63, 3.8) is 0 Å². The van der Waals surface area contributed by atoms with Crippen LogP contribution in [0.5, 0.6) is 5.88 Å². The lowest BCUT2D eigenvalue weighted by molar-refractivity contribution is -0.126. The van der Waals surface area contributed by atoms with Gasteiger partial charge in [0.2, 0.25) is 17.7 Å². The zero-order valence-corrected chi connectivity index (χ0v) is 20.9. The zero-order chi connectivity index (χ0) is 26.4. The predicted molar refractivity (Wildman–Crippen MR) is 141 cm³/mol. The summed E-state index contributed by atoms with van der Waals surface area (Å²) in [6.45, 7) is 9.89. The smallest absolute Gasteiger partial charge is 0.246 e. The number of carbonyl (C=O) groups excluding carboxylic acids is 1. The summed E-state index contributed by atoms with van der Waals surface area (Å²) in [5, 5.41) is 21.9. The number of nitrogens with zero attached hydrogens (tertiary/aromatic N) is 6. The Bertz CT molecular complexity index is 1400. The van der Waals surface area contributed by atoms with E-state index >= 15 is 0 Å². The number of rotatable bonds is 6. The Morgan fingerprint density at radius 3 is 2.65 bits per heavy atom. The van der Waals surface area contributed by atoms with Crippen molar-refractivity contribution in [3.05, 3.63) is 83.3 Å². The Hall–Kier alpha value is -4.89. The second-order valence-electron chi connectivity index (χ2n) is 8.77. The van der Waals surface area contributed by atoms with Crippen molar-refractivity contribution in [3.8, 4) is 18.0 Å². The zero-order valence-electron chi connectivity index (χ0n) is 20.9. The summed E-state index contributed by atoms with van der Waals surface area (Å²) in [4.78, 5) is 24.5. The first-order chi connectivity index (χ1) is 17.9. The van der Waals surface area contributed by atoms with E-state index in [1.54, 1.807) is 29.3 Å². The third kappa shape index (κ3) is 5.85. The molecule has 0 spiro atoms. The van der Waals surface area contributed by atoms with Gasteiger partial charge in [-0.05, 0) is 61.3 Å². The van der Waals surface area contributed by atoms with Gasteiger partial charge in [0.1, 0.15) is 11.8 Å². The summed E-state index contributed by atoms with van der Waals surface area (Å²) in [6.07, 6.45) is 7.05. The molecule has 1 aromatic carbocycles. The van der Waals surface area contributed by atoms with Crippen LogP contribution in [0.3, 0.4) is 0 Å². The highest BCUT2D eigenvalue weighted by Crippen LogP contribution is 2.30. The monoisotopic (exact) mass is 493 g/mol. The number of nitriles is 2. The van der Waals surface area contributed by atoms with Crippen LogP contribution in [0.2, 0.25) is 0 Å². The second-order valence-corrected chi connectivity index (χ2v) is 8.77. The number of allylic oxidation sites excluding steroid dienone is 5. The Labute approximate surface area is 216 Å². The van der Waals surface area contributed by atoms with Crippen molar-refractivity contribution in [1.29, 1.82) is 10.5 Å². The largest absolute Gasteiger partial charge is 0.439 e. The quantitative estimate of drug-likeness (QED) is 0.465. The average Bonchev–Trinajstić information content (AvgIpc) is 2.91. The topological polar surface area (TPSA) is 118 Å². The number of carbonyl (C=O) groups is 1. The fourth-order valence-electron chi connectivity index (χ4n) is 4.43. The van der Waals surface area contributed by atoms with Gasteiger partial charge in [0.25, 0.3) is 0 Å². The lowest BCUT2D eigenvalue weighted by atomic mass is 9.95. The molecule has 1 fully saturated rings. The first-order valence-electron chi connectivity index (χ1n) is 11.9. The van der Waals surface area contributed by atoms with Crippen LogP contribution in [-0.4, -0.2) is 47.0 Å². The van der Waals surface area contributed by atoms with Gasteiger partial charge in [-0.25, -0.2) is 4.98 Å². The third-order valence-corrected chi connectivity index (χ3v) is 6.18. The molecule has 2 aromatic rings. The van der Waals surface area contributed by atoms with Crippen LogP contribution in [0.25, 0.3) is 0 Å². The summed E-state index contributed by atoms with van der Waals surface area (Å²) < 4.78 is 6.08. The molecular weight excluding hydrogens is 466 g/mol. The maximum atomic E-state index is 11.8. The van der Waals surface area contributed by atoms with Crippen LogP contribution in [0.15, 0.2) is 77.7 Å². The molecule has 2 heterocycles. The number of ether oxygens (including phenoxy) is 1. The summed E-state index contributed by atoms with van der Waals surface area (Å²) in [5.74, 6) is 1.38. The molecule has 1 N–H and O–H groups in total. The first kappa shape index (κ1) is 25.2. The lowest BCUT2D eigenvalue weighted by Gasteiger charge is -2.36. The van der Waals surface area contributed by atoms with E-state index in [1.165, 1.54) is 6.08 Å². The Morgan fingerprint density at radius 1 is 1.19 bits per heavy atom. The van der Waals surface area contributed by atoms with Crippen molar-refractivity contribution < 1.29 is 9.53 Å². The normalized spacial score (nSPS) is 16.5. The highest BCUT2D eigenvalue weighted by Gasteiger charge is 2.22. The van der Waals surface area contributed by atoms with Crippen molar-refractivity contribution in [2.45, 2.75) is 20.3 Å². The van der Waals surface area contributed by atoms with Crippen LogP contribution in [0, 0.1) is 22.7 Å². The van der Waals surface area contributed by atoms with Crippen LogP contribution in [-0.2, 0) is 4.79 Å². The molecule has 0 saturated carbocycles. The molecule has 0 atom stereocenters. The van der Waals surface area contributed by atoms with E-state index < -0.39 is 0 Å². The molecule has 1 saturated heterocycles. The van der Waals surface area contributed by atoms with Crippen LogP contribution >= 0.6 is 0 Å². The standard InChI is InChI=1S/C28H27N7O2/c1-4-26(36)35-13-11-34(12-14-35)24-6-5-23(17-22(24)18-30)32-28-31-10-8-25(33-28)37-27-19(2)15-21(7-9-29)16-20(27)3/h4-8,10,15,17H,1,11-14,16H2,2-3H3,(H,31,32,33)/b21-7+. The van der Waals surface area contributed by atoms with Gasteiger partial charge in [-0.1, -0.05) is 12.7 Å². The Kier molecular flexibility index (Phi) is 7.65. The minimum atomic E-state index is -0.0763. The third-order valence-electron chi connectivity index (χ3n) is 6.18. The van der Waals surface area contributed by atoms with E-state index in [9.17, 15) is 10.1 Å². The van der Waals surface area contributed by atoms with Crippen molar-refractivity contribution >= 4 is 23.2 Å². The van der Waals surface area contributed by atoms with Crippen molar-refractivity contribution in [2.24, 2.45) is 0 Å². The molecule has 0 unspecified atom stereocenters. The number of anilines is 3. The molecule has 1 aliphatic carbocycles. The predicted octanol–water partition coefficient (Wildman–Crippen LogP) is 4.38.